The number of carboxylic acids is 1. The summed E-state index contributed by atoms with van der Waals surface area (Å²) in [5.74, 6) is -1.10. The number of likely N-dealkylation sites (N-methyl/N-ethyl adjacent to an activating group) is 1. The van der Waals surface area contributed by atoms with E-state index in [9.17, 15) is 9.59 Å². The van der Waals surface area contributed by atoms with Crippen LogP contribution in [-0.2, 0) is 4.79 Å². The van der Waals surface area contributed by atoms with Crippen molar-refractivity contribution >= 4 is 52.5 Å². The van der Waals surface area contributed by atoms with Crippen molar-refractivity contribution in [2.45, 2.75) is 6.92 Å². The van der Waals surface area contributed by atoms with Crippen LogP contribution in [0.4, 0.5) is 10.5 Å². The quantitative estimate of drug-likeness (QED) is 0.831. The van der Waals surface area contributed by atoms with Crippen molar-refractivity contribution in [1.82, 2.24) is 4.90 Å². The van der Waals surface area contributed by atoms with Crippen LogP contribution < -0.4 is 5.32 Å². The van der Waals surface area contributed by atoms with E-state index in [4.69, 9.17) is 39.9 Å². The number of carboxylic acid groups (broad SMARTS) is 1. The number of rotatable bonds is 4. The van der Waals surface area contributed by atoms with Crippen LogP contribution in [0.3, 0.4) is 0 Å². The van der Waals surface area contributed by atoms with Gasteiger partial charge >= 0.3 is 12.0 Å². The number of nitrogens with zero attached hydrogens (tertiary/aromatic N) is 1. The Labute approximate surface area is 125 Å². The Morgan fingerprint density at radius 1 is 1.21 bits per heavy atom. The van der Waals surface area contributed by atoms with E-state index in [1.54, 1.807) is 6.92 Å². The van der Waals surface area contributed by atoms with Gasteiger partial charge in [-0.15, -0.1) is 0 Å². The lowest BCUT2D eigenvalue weighted by Gasteiger charge is -2.19. The van der Waals surface area contributed by atoms with Crippen LogP contribution in [0, 0.1) is 0 Å². The predicted molar refractivity (Wildman–Crippen MR) is 75.4 cm³/mol. The molecule has 0 unspecified atom stereocenters. The SMILES string of the molecule is CCN(CC(=O)O)C(=O)Nc1cc(Cl)c(Cl)cc1Cl. The summed E-state index contributed by atoms with van der Waals surface area (Å²) in [6.45, 7) is 1.51. The highest BCUT2D eigenvalue weighted by molar-refractivity contribution is 6.44. The number of benzene rings is 1. The van der Waals surface area contributed by atoms with Crippen LogP contribution in [0.15, 0.2) is 12.1 Å². The van der Waals surface area contributed by atoms with Crippen molar-refractivity contribution < 1.29 is 14.7 Å². The minimum Gasteiger partial charge on any atom is -0.480 e. The Kier molecular flexibility index (Phi) is 5.72. The van der Waals surface area contributed by atoms with E-state index < -0.39 is 18.5 Å². The van der Waals surface area contributed by atoms with E-state index in [0.717, 1.165) is 4.90 Å². The number of urea groups is 1. The average Bonchev–Trinajstić information content (AvgIpc) is 2.32. The molecule has 0 aliphatic carbocycles. The van der Waals surface area contributed by atoms with E-state index in [0.29, 0.717) is 0 Å². The zero-order valence-electron chi connectivity index (χ0n) is 9.91. The Bertz CT molecular complexity index is 508. The molecule has 1 aromatic rings. The molecule has 0 radical (unpaired) electrons. The van der Waals surface area contributed by atoms with E-state index >= 15 is 0 Å². The molecule has 0 aliphatic rings. The second-order valence-electron chi connectivity index (χ2n) is 3.58. The third-order valence-electron chi connectivity index (χ3n) is 2.25. The Morgan fingerprint density at radius 2 is 1.79 bits per heavy atom. The van der Waals surface area contributed by atoms with Crippen molar-refractivity contribution in [3.63, 3.8) is 0 Å². The van der Waals surface area contributed by atoms with Crippen molar-refractivity contribution in [1.29, 1.82) is 0 Å². The van der Waals surface area contributed by atoms with Gasteiger partial charge in [0.15, 0.2) is 0 Å². The summed E-state index contributed by atoms with van der Waals surface area (Å²) >= 11 is 17.5. The highest BCUT2D eigenvalue weighted by Crippen LogP contribution is 2.32. The van der Waals surface area contributed by atoms with Crippen LogP contribution >= 0.6 is 34.8 Å². The maximum Gasteiger partial charge on any atom is 0.323 e. The first-order valence-electron chi connectivity index (χ1n) is 5.27. The van der Waals surface area contributed by atoms with Crippen molar-refractivity contribution in [3.05, 3.63) is 27.2 Å². The lowest BCUT2D eigenvalue weighted by Crippen LogP contribution is -2.38. The normalized spacial score (nSPS) is 10.1. The summed E-state index contributed by atoms with van der Waals surface area (Å²) in [5.41, 5.74) is 0.268. The zero-order chi connectivity index (χ0) is 14.6. The lowest BCUT2D eigenvalue weighted by atomic mass is 10.3. The summed E-state index contributed by atoms with van der Waals surface area (Å²) in [6, 6.07) is 2.22. The van der Waals surface area contributed by atoms with Gasteiger partial charge in [0.2, 0.25) is 0 Å². The molecule has 0 atom stereocenters. The molecule has 0 spiro atoms. The maximum absolute atomic E-state index is 11.8. The molecule has 0 heterocycles. The number of carbonyl (C=O) groups is 2. The van der Waals surface area contributed by atoms with Gasteiger partial charge in [0.25, 0.3) is 0 Å². The van der Waals surface area contributed by atoms with Gasteiger partial charge in [0.05, 0.1) is 20.8 Å². The van der Waals surface area contributed by atoms with Crippen LogP contribution in [-0.4, -0.2) is 35.1 Å². The molecule has 104 valence electrons. The van der Waals surface area contributed by atoms with E-state index in [1.807, 2.05) is 0 Å². The summed E-state index contributed by atoms with van der Waals surface area (Å²) in [5, 5.41) is 11.9. The number of amides is 2. The number of aliphatic carboxylic acids is 1. The molecule has 0 bridgehead atoms. The van der Waals surface area contributed by atoms with Gasteiger partial charge in [-0.2, -0.15) is 0 Å². The van der Waals surface area contributed by atoms with Gasteiger partial charge in [0, 0.05) is 6.54 Å². The average molecular weight is 326 g/mol. The molecular weight excluding hydrogens is 314 g/mol. The first-order valence-corrected chi connectivity index (χ1v) is 6.40. The van der Waals surface area contributed by atoms with Gasteiger partial charge in [0.1, 0.15) is 6.54 Å². The smallest absolute Gasteiger partial charge is 0.323 e. The monoisotopic (exact) mass is 324 g/mol. The number of halogens is 3. The number of hydrogen-bond acceptors (Lipinski definition) is 2. The Balaban J connectivity index is 2.86. The number of hydrogen-bond donors (Lipinski definition) is 2. The summed E-state index contributed by atoms with van der Waals surface area (Å²) < 4.78 is 0. The highest BCUT2D eigenvalue weighted by atomic mass is 35.5. The van der Waals surface area contributed by atoms with Crippen molar-refractivity contribution in [2.24, 2.45) is 0 Å². The predicted octanol–water partition coefficient (Wildman–Crippen LogP) is 3.59. The largest absolute Gasteiger partial charge is 0.480 e. The maximum atomic E-state index is 11.8. The fourth-order valence-corrected chi connectivity index (χ4v) is 1.90. The van der Waals surface area contributed by atoms with Gasteiger partial charge in [-0.25, -0.2) is 4.79 Å². The van der Waals surface area contributed by atoms with E-state index in [1.165, 1.54) is 12.1 Å². The van der Waals surface area contributed by atoms with E-state index in [-0.39, 0.29) is 27.3 Å². The first-order chi connectivity index (χ1) is 8.85. The lowest BCUT2D eigenvalue weighted by molar-refractivity contribution is -0.137. The fourth-order valence-electron chi connectivity index (χ4n) is 1.30. The number of carbonyl (C=O) groups excluding carboxylic acids is 1. The van der Waals surface area contributed by atoms with Gasteiger partial charge < -0.3 is 15.3 Å². The number of nitrogens with one attached hydrogen (secondary N) is 1. The Hall–Kier alpha value is -1.17. The molecule has 0 fully saturated rings. The second-order valence-corrected chi connectivity index (χ2v) is 4.81. The minimum absolute atomic E-state index is 0.217. The minimum atomic E-state index is -1.10. The molecule has 19 heavy (non-hydrogen) atoms. The van der Waals surface area contributed by atoms with Crippen molar-refractivity contribution in [3.8, 4) is 0 Å². The molecule has 0 aromatic heterocycles. The third-order valence-corrected chi connectivity index (χ3v) is 3.28. The van der Waals surface area contributed by atoms with Crippen LogP contribution in [0.25, 0.3) is 0 Å². The van der Waals surface area contributed by atoms with E-state index in [2.05, 4.69) is 5.32 Å². The molecule has 0 saturated carbocycles. The molecule has 1 rings (SSSR count). The second kappa shape index (κ2) is 6.84. The topological polar surface area (TPSA) is 69.6 Å². The molecule has 5 nitrogen and oxygen atoms in total. The molecule has 2 N–H and O–H groups in total. The molecule has 0 aliphatic heterocycles. The first kappa shape index (κ1) is 15.9. The Morgan fingerprint density at radius 3 is 2.32 bits per heavy atom. The van der Waals surface area contributed by atoms with Crippen LogP contribution in [0.5, 0.6) is 0 Å². The van der Waals surface area contributed by atoms with Gasteiger partial charge in [-0.05, 0) is 19.1 Å². The number of anilines is 1. The van der Waals surface area contributed by atoms with Crippen molar-refractivity contribution in [2.75, 3.05) is 18.4 Å². The zero-order valence-corrected chi connectivity index (χ0v) is 12.2. The van der Waals surface area contributed by atoms with Crippen LogP contribution in [0.1, 0.15) is 6.92 Å². The fraction of sp³-hybridized carbons (Fsp3) is 0.273. The molecular formula is C11H11Cl3N2O3. The molecule has 2 amide bonds. The molecule has 0 saturated heterocycles. The molecule has 1 aromatic carbocycles. The summed E-state index contributed by atoms with van der Waals surface area (Å²) in [4.78, 5) is 23.6. The summed E-state index contributed by atoms with van der Waals surface area (Å²) in [7, 11) is 0. The van der Waals surface area contributed by atoms with Crippen LogP contribution in [0.2, 0.25) is 15.1 Å². The third kappa shape index (κ3) is 4.45. The van der Waals surface area contributed by atoms with Gasteiger partial charge in [-0.3, -0.25) is 4.79 Å². The highest BCUT2D eigenvalue weighted by Gasteiger charge is 2.16. The van der Waals surface area contributed by atoms with Gasteiger partial charge in [-0.1, -0.05) is 34.8 Å². The summed E-state index contributed by atoms with van der Waals surface area (Å²) in [6.07, 6.45) is 0. The molecule has 8 heteroatoms. The standard InChI is InChI=1S/C11H11Cl3N2O3/c1-2-16(5-10(17)18)11(19)15-9-4-7(13)6(12)3-8(9)14/h3-4H,2,5H2,1H3,(H,15,19)(H,17,18).